The van der Waals surface area contributed by atoms with Gasteiger partial charge in [-0.2, -0.15) is 17.6 Å². The topological polar surface area (TPSA) is 88.3 Å². The van der Waals surface area contributed by atoms with Crippen molar-refractivity contribution in [3.63, 3.8) is 0 Å². The number of fused-ring (bicyclic) bond motifs is 1. The number of nitrogens with zero attached hydrogens (tertiary/aromatic N) is 4. The van der Waals surface area contributed by atoms with E-state index in [1.807, 2.05) is 6.07 Å². The molecule has 7 nitrogen and oxygen atoms in total. The van der Waals surface area contributed by atoms with Crippen molar-refractivity contribution < 1.29 is 13.5 Å². The second-order valence-corrected chi connectivity index (χ2v) is 9.42. The summed E-state index contributed by atoms with van der Waals surface area (Å²) in [4.78, 5) is 6.61. The maximum absolute atomic E-state index is 12.9. The predicted octanol–water partition coefficient (Wildman–Crippen LogP) is 3.67. The zero-order chi connectivity index (χ0) is 19.9. The lowest BCUT2D eigenvalue weighted by molar-refractivity contribution is 0.218. The lowest BCUT2D eigenvalue weighted by Gasteiger charge is -2.25. The largest absolute Gasteiger partial charge is 0.505 e. The number of phenolic OH excluding ortho intramolecular Hbond substituents is 1. The van der Waals surface area contributed by atoms with E-state index < -0.39 is 10.0 Å². The molecule has 1 saturated heterocycles. The molecule has 1 aliphatic heterocycles. The lowest BCUT2D eigenvalue weighted by Crippen LogP contribution is -2.29. The van der Waals surface area contributed by atoms with E-state index in [9.17, 15) is 13.5 Å². The van der Waals surface area contributed by atoms with E-state index in [0.29, 0.717) is 10.9 Å². The summed E-state index contributed by atoms with van der Waals surface area (Å²) in [7, 11) is -4.02. The molecule has 0 spiro atoms. The Balaban J connectivity index is 1.67. The molecule has 0 bridgehead atoms. The summed E-state index contributed by atoms with van der Waals surface area (Å²) in [6.07, 6.45) is 6.67. The van der Waals surface area contributed by atoms with Crippen molar-refractivity contribution in [2.75, 3.05) is 13.1 Å². The Labute approximate surface area is 172 Å². The molecule has 0 unspecified atom stereocenters. The van der Waals surface area contributed by atoms with Crippen LogP contribution in [0.25, 0.3) is 10.9 Å². The predicted molar refractivity (Wildman–Crippen MR) is 107 cm³/mol. The van der Waals surface area contributed by atoms with Gasteiger partial charge in [0, 0.05) is 11.9 Å². The van der Waals surface area contributed by atoms with Gasteiger partial charge in [-0.15, -0.1) is 0 Å². The Bertz CT molecular complexity index is 1120. The third kappa shape index (κ3) is 3.69. The summed E-state index contributed by atoms with van der Waals surface area (Å²) in [6.45, 7) is 2.84. The van der Waals surface area contributed by atoms with E-state index in [4.69, 9.17) is 23.2 Å². The molecule has 3 heterocycles. The standard InChI is InChI=1S/C18H18Cl2N4O3S/c19-15-7-14(8-16(20)18(15)25)28(26,27)24-10-12-6-13(21-9-17(12)22-24)11-23-4-2-1-3-5-23/h6-10,25H,1-5,11H2. The molecular weight excluding hydrogens is 423 g/mol. The first-order chi connectivity index (χ1) is 13.3. The fraction of sp³-hybridized carbons (Fsp3) is 0.333. The molecule has 28 heavy (non-hydrogen) atoms. The minimum Gasteiger partial charge on any atom is -0.505 e. The number of pyridine rings is 1. The minimum atomic E-state index is -4.02. The first-order valence-electron chi connectivity index (χ1n) is 8.85. The van der Waals surface area contributed by atoms with E-state index in [-0.39, 0.29) is 20.7 Å². The summed E-state index contributed by atoms with van der Waals surface area (Å²) < 4.78 is 26.7. The van der Waals surface area contributed by atoms with Gasteiger partial charge in [-0.05, 0) is 44.1 Å². The van der Waals surface area contributed by atoms with Crippen LogP contribution >= 0.6 is 23.2 Å². The van der Waals surface area contributed by atoms with E-state index in [1.165, 1.54) is 25.5 Å². The highest BCUT2D eigenvalue weighted by molar-refractivity contribution is 7.89. The van der Waals surface area contributed by atoms with Crippen molar-refractivity contribution in [1.82, 2.24) is 19.1 Å². The number of aromatic hydroxyl groups is 1. The Hall–Kier alpha value is -1.87. The Morgan fingerprint density at radius 3 is 2.43 bits per heavy atom. The number of benzene rings is 1. The normalized spacial score (nSPS) is 15.9. The highest BCUT2D eigenvalue weighted by atomic mass is 35.5. The van der Waals surface area contributed by atoms with E-state index in [1.54, 1.807) is 6.20 Å². The van der Waals surface area contributed by atoms with Crippen LogP contribution < -0.4 is 0 Å². The smallest absolute Gasteiger partial charge is 0.283 e. The van der Waals surface area contributed by atoms with Crippen molar-refractivity contribution >= 4 is 44.1 Å². The number of aromatic nitrogens is 3. The maximum Gasteiger partial charge on any atom is 0.283 e. The van der Waals surface area contributed by atoms with Crippen LogP contribution in [0.3, 0.4) is 0 Å². The molecule has 0 amide bonds. The number of halogens is 2. The second-order valence-electron chi connectivity index (χ2n) is 6.81. The van der Waals surface area contributed by atoms with Crippen LogP contribution in [0.15, 0.2) is 35.5 Å². The average molecular weight is 441 g/mol. The Kier molecular flexibility index (Phi) is 5.22. The van der Waals surface area contributed by atoms with Gasteiger partial charge in [-0.1, -0.05) is 29.6 Å². The lowest BCUT2D eigenvalue weighted by atomic mass is 10.1. The zero-order valence-electron chi connectivity index (χ0n) is 14.8. The fourth-order valence-electron chi connectivity index (χ4n) is 3.31. The summed E-state index contributed by atoms with van der Waals surface area (Å²) in [5.74, 6) is -0.362. The summed E-state index contributed by atoms with van der Waals surface area (Å²) in [5.41, 5.74) is 1.35. The van der Waals surface area contributed by atoms with Gasteiger partial charge >= 0.3 is 0 Å². The molecule has 3 aromatic rings. The first-order valence-corrected chi connectivity index (χ1v) is 11.0. The van der Waals surface area contributed by atoms with E-state index in [2.05, 4.69) is 15.0 Å². The van der Waals surface area contributed by atoms with Gasteiger partial charge in [0.05, 0.1) is 33.0 Å². The minimum absolute atomic E-state index is 0.145. The van der Waals surface area contributed by atoms with Crippen LogP contribution in [-0.2, 0) is 16.6 Å². The third-order valence-corrected chi connectivity index (χ3v) is 6.88. The second kappa shape index (κ2) is 7.51. The van der Waals surface area contributed by atoms with Crippen LogP contribution in [0.5, 0.6) is 5.75 Å². The number of likely N-dealkylation sites (tertiary alicyclic amines) is 1. The van der Waals surface area contributed by atoms with Crippen molar-refractivity contribution in [2.24, 2.45) is 0 Å². The molecule has 0 atom stereocenters. The maximum atomic E-state index is 12.9. The number of piperidine rings is 1. The Morgan fingerprint density at radius 2 is 1.75 bits per heavy atom. The highest BCUT2D eigenvalue weighted by Crippen LogP contribution is 2.34. The third-order valence-electron chi connectivity index (χ3n) is 4.80. The van der Waals surface area contributed by atoms with Crippen LogP contribution in [0.2, 0.25) is 10.0 Å². The van der Waals surface area contributed by atoms with Crippen LogP contribution in [0, 0.1) is 0 Å². The average Bonchev–Trinajstić information content (AvgIpc) is 3.11. The fourth-order valence-corrected chi connectivity index (χ4v) is 5.12. The SMILES string of the molecule is O=S(=O)(c1cc(Cl)c(O)c(Cl)c1)n1cc2cc(CN3CCCCC3)ncc2n1. The van der Waals surface area contributed by atoms with Gasteiger partial charge in [-0.3, -0.25) is 9.88 Å². The molecule has 148 valence electrons. The molecule has 0 aliphatic carbocycles. The molecule has 1 aromatic carbocycles. The summed E-state index contributed by atoms with van der Waals surface area (Å²) in [5, 5.41) is 14.2. The molecule has 0 saturated carbocycles. The van der Waals surface area contributed by atoms with Gasteiger partial charge in [-0.25, -0.2) is 0 Å². The number of phenols is 1. The van der Waals surface area contributed by atoms with Crippen molar-refractivity contribution in [2.45, 2.75) is 30.7 Å². The van der Waals surface area contributed by atoms with E-state index in [0.717, 1.165) is 41.5 Å². The van der Waals surface area contributed by atoms with Gasteiger partial charge < -0.3 is 5.11 Å². The number of hydrogen-bond acceptors (Lipinski definition) is 6. The zero-order valence-corrected chi connectivity index (χ0v) is 17.2. The molecule has 0 radical (unpaired) electrons. The van der Waals surface area contributed by atoms with Crippen molar-refractivity contribution in [3.05, 3.63) is 46.3 Å². The summed E-state index contributed by atoms with van der Waals surface area (Å²) >= 11 is 11.7. The molecule has 4 rings (SSSR count). The van der Waals surface area contributed by atoms with Crippen molar-refractivity contribution in [1.29, 1.82) is 0 Å². The Morgan fingerprint density at radius 1 is 1.07 bits per heavy atom. The molecular formula is C18H18Cl2N4O3S. The van der Waals surface area contributed by atoms with Gasteiger partial charge in [0.15, 0.2) is 5.75 Å². The first kappa shape index (κ1) is 19.4. The monoisotopic (exact) mass is 440 g/mol. The number of rotatable bonds is 4. The summed E-state index contributed by atoms with van der Waals surface area (Å²) in [6, 6.07) is 4.15. The molecule has 10 heteroatoms. The highest BCUT2D eigenvalue weighted by Gasteiger charge is 2.22. The molecule has 1 N–H and O–H groups in total. The number of hydrogen-bond donors (Lipinski definition) is 1. The van der Waals surface area contributed by atoms with E-state index >= 15 is 0 Å². The van der Waals surface area contributed by atoms with Crippen LogP contribution in [0.4, 0.5) is 0 Å². The van der Waals surface area contributed by atoms with Gasteiger partial charge in [0.2, 0.25) is 0 Å². The molecule has 2 aromatic heterocycles. The molecule has 1 fully saturated rings. The van der Waals surface area contributed by atoms with Gasteiger partial charge in [0.1, 0.15) is 5.52 Å². The van der Waals surface area contributed by atoms with Crippen LogP contribution in [0.1, 0.15) is 25.0 Å². The molecule has 1 aliphatic rings. The van der Waals surface area contributed by atoms with Crippen LogP contribution in [-0.4, -0.2) is 45.7 Å². The van der Waals surface area contributed by atoms with Gasteiger partial charge in [0.25, 0.3) is 10.0 Å². The van der Waals surface area contributed by atoms with Crippen molar-refractivity contribution in [3.8, 4) is 5.75 Å². The quantitative estimate of drug-likeness (QED) is 0.665.